The van der Waals surface area contributed by atoms with E-state index in [0.29, 0.717) is 38.3 Å². The van der Waals surface area contributed by atoms with E-state index in [1.54, 1.807) is 19.2 Å². The molecule has 0 radical (unpaired) electrons. The number of amides is 2. The normalized spacial score (nSPS) is 17.6. The average molecular weight is 721 g/mol. The van der Waals surface area contributed by atoms with Crippen LogP contribution in [0.5, 0.6) is 0 Å². The van der Waals surface area contributed by atoms with Crippen molar-refractivity contribution >= 4 is 35.5 Å². The zero-order valence-electron chi connectivity index (χ0n) is 31.2. The van der Waals surface area contributed by atoms with Crippen molar-refractivity contribution in [2.24, 2.45) is 11.8 Å². The van der Waals surface area contributed by atoms with Gasteiger partial charge in [-0.1, -0.05) is 32.8 Å². The molecule has 15 nitrogen and oxygen atoms in total. The molecular weight excluding hydrogens is 664 g/mol. The van der Waals surface area contributed by atoms with E-state index in [9.17, 15) is 29.1 Å². The number of ether oxygens (including phenoxy) is 5. The lowest BCUT2D eigenvalue weighted by molar-refractivity contribution is -0.174. The third kappa shape index (κ3) is 13.0. The van der Waals surface area contributed by atoms with Crippen LogP contribution in [0, 0.1) is 11.8 Å². The molecule has 1 saturated carbocycles. The van der Waals surface area contributed by atoms with Crippen LogP contribution in [-0.4, -0.2) is 133 Å². The molecule has 1 aromatic rings. The van der Waals surface area contributed by atoms with E-state index in [0.717, 1.165) is 23.6 Å². The van der Waals surface area contributed by atoms with Crippen LogP contribution >= 0.6 is 0 Å². The van der Waals surface area contributed by atoms with Crippen LogP contribution in [0.25, 0.3) is 0 Å². The van der Waals surface area contributed by atoms with Crippen molar-refractivity contribution in [3.63, 3.8) is 0 Å². The summed E-state index contributed by atoms with van der Waals surface area (Å²) in [6, 6.07) is 1.47. The Balaban J connectivity index is 1.89. The number of aromatic nitrogens is 1. The Kier molecular flexibility index (Phi) is 16.1. The number of hydrogen-bond acceptors (Lipinski definition) is 12. The number of morpholine rings is 1. The molecule has 2 heterocycles. The number of carbonyl (C=O) groups excluding carboxylic acids is 4. The number of aliphatic carboxylic acids is 1. The van der Waals surface area contributed by atoms with Crippen molar-refractivity contribution in [1.82, 2.24) is 14.8 Å². The van der Waals surface area contributed by atoms with Crippen LogP contribution in [-0.2, 0) is 54.1 Å². The summed E-state index contributed by atoms with van der Waals surface area (Å²) in [5.74, 6) is -3.23. The van der Waals surface area contributed by atoms with E-state index in [1.165, 1.54) is 25.9 Å². The quantitative estimate of drug-likeness (QED) is 0.154. The molecule has 286 valence electrons. The lowest BCUT2D eigenvalue weighted by Crippen LogP contribution is -2.52. The molecule has 1 aliphatic carbocycles. The molecule has 1 aliphatic heterocycles. The van der Waals surface area contributed by atoms with Gasteiger partial charge in [0.2, 0.25) is 0 Å². The van der Waals surface area contributed by atoms with Crippen molar-refractivity contribution in [1.29, 1.82) is 0 Å². The zero-order chi connectivity index (χ0) is 37.8. The number of nitrogens with zero attached hydrogens (tertiary/aromatic N) is 4. The fraction of sp³-hybridized carbons (Fsp3) is 0.722. The number of likely N-dealkylation sites (N-methyl/N-ethyl adjacent to an activating group) is 2. The van der Waals surface area contributed by atoms with Crippen LogP contribution in [0.1, 0.15) is 72.8 Å². The fourth-order valence-corrected chi connectivity index (χ4v) is 5.54. The van der Waals surface area contributed by atoms with Gasteiger partial charge in [0.15, 0.2) is 12.2 Å². The zero-order valence-corrected chi connectivity index (χ0v) is 31.2. The van der Waals surface area contributed by atoms with E-state index in [-0.39, 0.29) is 37.6 Å². The van der Waals surface area contributed by atoms with Gasteiger partial charge in [-0.3, -0.25) is 9.59 Å². The highest BCUT2D eigenvalue weighted by atomic mass is 16.7. The minimum Gasteiger partial charge on any atom is -0.479 e. The monoisotopic (exact) mass is 720 g/mol. The van der Waals surface area contributed by atoms with Crippen LogP contribution in [0.2, 0.25) is 0 Å². The van der Waals surface area contributed by atoms with Crippen LogP contribution in [0.4, 0.5) is 5.82 Å². The number of carboxylic acids is 1. The first-order chi connectivity index (χ1) is 24.1. The molecule has 2 amide bonds. The summed E-state index contributed by atoms with van der Waals surface area (Å²) >= 11 is 0. The van der Waals surface area contributed by atoms with Gasteiger partial charge < -0.3 is 43.5 Å². The van der Waals surface area contributed by atoms with Gasteiger partial charge in [0.05, 0.1) is 19.3 Å². The first kappa shape index (κ1) is 41.6. The van der Waals surface area contributed by atoms with Gasteiger partial charge in [0, 0.05) is 39.8 Å². The van der Waals surface area contributed by atoms with Crippen LogP contribution < -0.4 is 4.90 Å². The van der Waals surface area contributed by atoms with Crippen molar-refractivity contribution in [2.75, 3.05) is 52.1 Å². The van der Waals surface area contributed by atoms with E-state index in [2.05, 4.69) is 9.88 Å². The second-order valence-corrected chi connectivity index (χ2v) is 14.1. The number of esters is 2. The molecule has 1 aromatic heterocycles. The number of hydrogen-bond donors (Lipinski definition) is 1. The molecule has 2 aliphatic rings. The Morgan fingerprint density at radius 3 is 2.06 bits per heavy atom. The fourth-order valence-electron chi connectivity index (χ4n) is 5.54. The summed E-state index contributed by atoms with van der Waals surface area (Å²) in [4.78, 5) is 75.5. The summed E-state index contributed by atoms with van der Waals surface area (Å²) in [5.41, 5.74) is 0.601. The molecule has 2 fully saturated rings. The molecule has 1 N–H and O–H groups in total. The Bertz CT molecular complexity index is 1310. The molecule has 0 spiro atoms. The van der Waals surface area contributed by atoms with E-state index < -0.39 is 60.1 Å². The van der Waals surface area contributed by atoms with Gasteiger partial charge in [-0.2, -0.15) is 0 Å². The Morgan fingerprint density at radius 2 is 1.51 bits per heavy atom. The van der Waals surface area contributed by atoms with Gasteiger partial charge in [-0.15, -0.1) is 0 Å². The van der Waals surface area contributed by atoms with Crippen molar-refractivity contribution in [3.05, 3.63) is 23.9 Å². The lowest BCUT2D eigenvalue weighted by Gasteiger charge is -2.33. The Morgan fingerprint density at radius 1 is 0.882 bits per heavy atom. The molecule has 51 heavy (non-hydrogen) atoms. The predicted molar refractivity (Wildman–Crippen MR) is 186 cm³/mol. The average Bonchev–Trinajstić information content (AvgIpc) is 3.92. The van der Waals surface area contributed by atoms with Gasteiger partial charge in [0.1, 0.15) is 30.8 Å². The van der Waals surface area contributed by atoms with Gasteiger partial charge in [0.25, 0.3) is 11.8 Å². The standard InChI is InChI=1S/C36H56N4O11/c1-22(2)17-28(35(45)50-25(6)34(43)44)39(8)33(42)30(19-27-11-12-31(37-20-27)40-13-15-47-16-14-40)51-36(46)29(18-26-9-10-26)38(7)32(41)24(5)49-21-48-23(3)4/h11-12,20,22-26,28-30H,9-10,13-19,21H2,1-8H3,(H,43,44)/t24-,25-,28+,29+,30-/m1/s1. The molecule has 0 unspecified atom stereocenters. The molecule has 0 aromatic carbocycles. The molecule has 0 bridgehead atoms. The maximum atomic E-state index is 14.3. The van der Waals surface area contributed by atoms with Crippen molar-refractivity contribution in [2.45, 2.75) is 110 Å². The summed E-state index contributed by atoms with van der Waals surface area (Å²) in [6.45, 7) is 12.7. The van der Waals surface area contributed by atoms with Gasteiger partial charge in [-0.05, 0) is 64.0 Å². The summed E-state index contributed by atoms with van der Waals surface area (Å²) in [5, 5.41) is 9.33. The summed E-state index contributed by atoms with van der Waals surface area (Å²) in [6.07, 6.45) is 0.0317. The number of carbonyl (C=O) groups is 5. The minimum atomic E-state index is -1.43. The maximum Gasteiger partial charge on any atom is 0.344 e. The largest absolute Gasteiger partial charge is 0.479 e. The Labute approximate surface area is 300 Å². The lowest BCUT2D eigenvalue weighted by atomic mass is 10.0. The molecular formula is C36H56N4O11. The highest BCUT2D eigenvalue weighted by Gasteiger charge is 2.40. The van der Waals surface area contributed by atoms with E-state index in [1.807, 2.05) is 33.8 Å². The molecule has 3 rings (SSSR count). The first-order valence-corrected chi connectivity index (χ1v) is 17.8. The molecule has 1 saturated heterocycles. The Hall–Kier alpha value is -3.82. The SMILES string of the molecule is CC(C)C[C@@H](C(=O)O[C@H](C)C(=O)O)N(C)C(=O)[C@@H](Cc1ccc(N2CCOCC2)nc1)OC(=O)[C@H](CC1CC1)N(C)C(=O)[C@@H](C)OCOC(C)C. The molecule has 5 atom stereocenters. The summed E-state index contributed by atoms with van der Waals surface area (Å²) in [7, 11) is 2.91. The first-order valence-electron chi connectivity index (χ1n) is 17.8. The number of anilines is 1. The second-order valence-electron chi connectivity index (χ2n) is 14.1. The smallest absolute Gasteiger partial charge is 0.344 e. The van der Waals surface area contributed by atoms with Crippen LogP contribution in [0.3, 0.4) is 0 Å². The van der Waals surface area contributed by atoms with Gasteiger partial charge >= 0.3 is 17.9 Å². The van der Waals surface area contributed by atoms with Crippen LogP contribution in [0.15, 0.2) is 18.3 Å². The highest BCUT2D eigenvalue weighted by molar-refractivity contribution is 5.91. The third-order valence-electron chi connectivity index (χ3n) is 8.93. The van der Waals surface area contributed by atoms with E-state index >= 15 is 0 Å². The van der Waals surface area contributed by atoms with E-state index in [4.69, 9.17) is 23.7 Å². The molecule has 15 heteroatoms. The number of carboxylic acid groups (broad SMARTS) is 1. The number of pyridine rings is 1. The van der Waals surface area contributed by atoms with Crippen molar-refractivity contribution < 1.29 is 52.8 Å². The summed E-state index contributed by atoms with van der Waals surface area (Å²) < 4.78 is 27.6. The topological polar surface area (TPSA) is 174 Å². The maximum absolute atomic E-state index is 14.3. The van der Waals surface area contributed by atoms with Crippen molar-refractivity contribution in [3.8, 4) is 0 Å². The van der Waals surface area contributed by atoms with Gasteiger partial charge in [-0.25, -0.2) is 19.4 Å². The second kappa shape index (κ2) is 19.7. The number of rotatable bonds is 20. The highest BCUT2D eigenvalue weighted by Crippen LogP contribution is 2.35. The minimum absolute atomic E-state index is 0.0693. The third-order valence-corrected chi connectivity index (χ3v) is 8.93. The predicted octanol–water partition coefficient (Wildman–Crippen LogP) is 2.68.